The van der Waals surface area contributed by atoms with Crippen LogP contribution < -0.4 is 0 Å². The Morgan fingerprint density at radius 3 is 2.72 bits per heavy atom. The SMILES string of the molecule is Cc1c(Br)nn(CCS(C)(=O)=O)c1-c1nc(C2(c3ccc(F)cc3Cl)CC2)no1. The summed E-state index contributed by atoms with van der Waals surface area (Å²) >= 11 is 9.63. The van der Waals surface area contributed by atoms with Crippen molar-refractivity contribution < 1.29 is 17.3 Å². The molecule has 0 atom stereocenters. The lowest BCUT2D eigenvalue weighted by Gasteiger charge is -2.12. The lowest BCUT2D eigenvalue weighted by molar-refractivity contribution is 0.413. The monoisotopic (exact) mass is 502 g/mol. The molecule has 1 aromatic carbocycles. The summed E-state index contributed by atoms with van der Waals surface area (Å²) in [5, 5.41) is 8.82. The van der Waals surface area contributed by atoms with Crippen LogP contribution in [-0.2, 0) is 21.8 Å². The van der Waals surface area contributed by atoms with Gasteiger partial charge >= 0.3 is 0 Å². The molecule has 7 nitrogen and oxygen atoms in total. The molecule has 1 aliphatic rings. The molecule has 0 spiro atoms. The molecular formula is C18H17BrClFN4O3S. The molecule has 0 unspecified atom stereocenters. The summed E-state index contributed by atoms with van der Waals surface area (Å²) in [6.45, 7) is 1.99. The molecule has 3 aromatic rings. The summed E-state index contributed by atoms with van der Waals surface area (Å²) < 4.78 is 44.2. The maximum atomic E-state index is 13.4. The fourth-order valence-electron chi connectivity index (χ4n) is 3.34. The Morgan fingerprint density at radius 1 is 1.38 bits per heavy atom. The zero-order valence-electron chi connectivity index (χ0n) is 15.6. The van der Waals surface area contributed by atoms with E-state index in [-0.39, 0.29) is 18.2 Å². The first kappa shape index (κ1) is 20.5. The fourth-order valence-corrected chi connectivity index (χ4v) is 4.57. The lowest BCUT2D eigenvalue weighted by Crippen LogP contribution is -2.14. The number of rotatable bonds is 6. The van der Waals surface area contributed by atoms with Crippen molar-refractivity contribution in [1.29, 1.82) is 0 Å². The van der Waals surface area contributed by atoms with Crippen LogP contribution in [0.4, 0.5) is 4.39 Å². The molecule has 29 heavy (non-hydrogen) atoms. The van der Waals surface area contributed by atoms with Gasteiger partial charge in [0.1, 0.15) is 26.0 Å². The number of hydrogen-bond acceptors (Lipinski definition) is 6. The molecule has 0 aliphatic heterocycles. The molecule has 0 saturated heterocycles. The summed E-state index contributed by atoms with van der Waals surface area (Å²) in [6.07, 6.45) is 2.72. The van der Waals surface area contributed by atoms with Crippen molar-refractivity contribution in [2.45, 2.75) is 31.7 Å². The van der Waals surface area contributed by atoms with Crippen molar-refractivity contribution in [3.63, 3.8) is 0 Å². The highest BCUT2D eigenvalue weighted by molar-refractivity contribution is 9.10. The van der Waals surface area contributed by atoms with Gasteiger partial charge in [-0.2, -0.15) is 10.1 Å². The zero-order chi connectivity index (χ0) is 21.0. The molecule has 2 heterocycles. The Balaban J connectivity index is 1.72. The molecule has 2 aromatic heterocycles. The third-order valence-corrected chi connectivity index (χ3v) is 7.05. The highest BCUT2D eigenvalue weighted by Gasteiger charge is 2.51. The van der Waals surface area contributed by atoms with Gasteiger partial charge in [-0.1, -0.05) is 22.8 Å². The van der Waals surface area contributed by atoms with E-state index in [1.165, 1.54) is 18.4 Å². The van der Waals surface area contributed by atoms with E-state index in [0.717, 1.165) is 24.0 Å². The molecule has 0 bridgehead atoms. The van der Waals surface area contributed by atoms with Crippen LogP contribution in [-0.4, -0.2) is 40.3 Å². The number of aromatic nitrogens is 4. The van der Waals surface area contributed by atoms with Crippen molar-refractivity contribution in [3.8, 4) is 11.6 Å². The minimum atomic E-state index is -3.17. The van der Waals surface area contributed by atoms with E-state index in [4.69, 9.17) is 16.1 Å². The van der Waals surface area contributed by atoms with E-state index in [0.29, 0.717) is 21.1 Å². The second-order valence-corrected chi connectivity index (χ2v) is 10.7. The molecule has 1 fully saturated rings. The minimum absolute atomic E-state index is 0.0658. The minimum Gasteiger partial charge on any atom is -0.332 e. The zero-order valence-corrected chi connectivity index (χ0v) is 18.8. The summed E-state index contributed by atoms with van der Waals surface area (Å²) in [5.74, 6) is 0.239. The van der Waals surface area contributed by atoms with Gasteiger partial charge in [-0.05, 0) is 53.4 Å². The second kappa shape index (κ2) is 7.17. The molecule has 0 radical (unpaired) electrons. The highest BCUT2D eigenvalue weighted by Crippen LogP contribution is 2.54. The Labute approximate surface area is 180 Å². The lowest BCUT2D eigenvalue weighted by atomic mass is 9.95. The van der Waals surface area contributed by atoms with Crippen LogP contribution in [0, 0.1) is 12.7 Å². The van der Waals surface area contributed by atoms with Crippen LogP contribution in [0.3, 0.4) is 0 Å². The maximum Gasteiger partial charge on any atom is 0.276 e. The molecular weight excluding hydrogens is 487 g/mol. The maximum absolute atomic E-state index is 13.4. The molecule has 4 rings (SSSR count). The normalized spacial score (nSPS) is 15.6. The summed E-state index contributed by atoms with van der Waals surface area (Å²) in [6, 6.07) is 4.29. The number of benzene rings is 1. The molecule has 11 heteroatoms. The Hall–Kier alpha value is -1.78. The number of sulfone groups is 1. The van der Waals surface area contributed by atoms with Gasteiger partial charge < -0.3 is 4.52 Å². The molecule has 154 valence electrons. The third-order valence-electron chi connectivity index (χ3n) is 5.06. The quantitative estimate of drug-likeness (QED) is 0.506. The van der Waals surface area contributed by atoms with Gasteiger partial charge in [-0.25, -0.2) is 12.8 Å². The largest absolute Gasteiger partial charge is 0.332 e. The van der Waals surface area contributed by atoms with Crippen molar-refractivity contribution in [2.24, 2.45) is 0 Å². The van der Waals surface area contributed by atoms with Crippen LogP contribution in [0.1, 0.15) is 29.8 Å². The first-order chi connectivity index (χ1) is 13.6. The smallest absolute Gasteiger partial charge is 0.276 e. The first-order valence-electron chi connectivity index (χ1n) is 8.81. The van der Waals surface area contributed by atoms with Crippen molar-refractivity contribution in [1.82, 2.24) is 19.9 Å². The van der Waals surface area contributed by atoms with Gasteiger partial charge in [0.15, 0.2) is 5.82 Å². The summed E-state index contributed by atoms with van der Waals surface area (Å²) in [7, 11) is -3.17. The fraction of sp³-hybridized carbons (Fsp3) is 0.389. The van der Waals surface area contributed by atoms with E-state index < -0.39 is 21.1 Å². The van der Waals surface area contributed by atoms with Crippen LogP contribution in [0.5, 0.6) is 0 Å². The Kier molecular flexibility index (Phi) is 5.07. The molecule has 1 aliphatic carbocycles. The third kappa shape index (κ3) is 3.85. The van der Waals surface area contributed by atoms with Crippen molar-refractivity contribution in [2.75, 3.05) is 12.0 Å². The number of nitrogens with zero attached hydrogens (tertiary/aromatic N) is 4. The topological polar surface area (TPSA) is 90.9 Å². The van der Waals surface area contributed by atoms with Gasteiger partial charge in [-0.15, -0.1) is 0 Å². The van der Waals surface area contributed by atoms with Crippen LogP contribution in [0.15, 0.2) is 27.3 Å². The van der Waals surface area contributed by atoms with E-state index in [2.05, 4.69) is 31.2 Å². The van der Waals surface area contributed by atoms with Gasteiger partial charge in [0, 0.05) is 16.8 Å². The molecule has 0 amide bonds. The van der Waals surface area contributed by atoms with E-state index in [1.54, 1.807) is 10.7 Å². The van der Waals surface area contributed by atoms with E-state index in [1.807, 2.05) is 6.92 Å². The van der Waals surface area contributed by atoms with E-state index in [9.17, 15) is 12.8 Å². The van der Waals surface area contributed by atoms with Gasteiger partial charge in [0.2, 0.25) is 0 Å². The summed E-state index contributed by atoms with van der Waals surface area (Å²) in [4.78, 5) is 4.57. The van der Waals surface area contributed by atoms with Crippen molar-refractivity contribution in [3.05, 3.63) is 50.6 Å². The first-order valence-corrected chi connectivity index (χ1v) is 12.0. The van der Waals surface area contributed by atoms with E-state index >= 15 is 0 Å². The van der Waals surface area contributed by atoms with Crippen LogP contribution in [0.25, 0.3) is 11.6 Å². The summed E-state index contributed by atoms with van der Waals surface area (Å²) in [5.41, 5.74) is 1.57. The number of aryl methyl sites for hydroxylation is 1. The second-order valence-electron chi connectivity index (χ2n) is 7.25. The standard InChI is InChI=1S/C18H17BrClFN4O3S/c1-10-14(25(23-15(10)19)7-8-29(2,26)27)16-22-17(24-28-16)18(5-6-18)12-4-3-11(21)9-13(12)20/h3-4,9H,5-8H2,1-2H3. The predicted octanol–water partition coefficient (Wildman–Crippen LogP) is 3.92. The number of hydrogen-bond donors (Lipinski definition) is 0. The number of halogens is 3. The van der Waals surface area contributed by atoms with Gasteiger partial charge in [-0.3, -0.25) is 4.68 Å². The Bertz CT molecular complexity index is 1200. The van der Waals surface area contributed by atoms with Crippen molar-refractivity contribution >= 4 is 37.4 Å². The predicted molar refractivity (Wildman–Crippen MR) is 109 cm³/mol. The highest BCUT2D eigenvalue weighted by atomic mass is 79.9. The van der Waals surface area contributed by atoms with Gasteiger partial charge in [0.05, 0.1) is 17.7 Å². The Morgan fingerprint density at radius 2 is 2.10 bits per heavy atom. The molecule has 1 saturated carbocycles. The van der Waals surface area contributed by atoms with Crippen LogP contribution in [0.2, 0.25) is 5.02 Å². The average Bonchev–Trinajstić information content (AvgIpc) is 3.18. The van der Waals surface area contributed by atoms with Crippen LogP contribution >= 0.6 is 27.5 Å². The van der Waals surface area contributed by atoms with Gasteiger partial charge in [0.25, 0.3) is 5.89 Å². The average molecular weight is 504 g/mol. The molecule has 0 N–H and O–H groups in total.